The van der Waals surface area contributed by atoms with Gasteiger partial charge in [0.25, 0.3) is 5.91 Å². The van der Waals surface area contributed by atoms with Gasteiger partial charge in [0.05, 0.1) is 17.5 Å². The fourth-order valence-corrected chi connectivity index (χ4v) is 5.10. The molecule has 1 atom stereocenters. The average Bonchev–Trinajstić information content (AvgIpc) is 3.22. The van der Waals surface area contributed by atoms with E-state index in [1.807, 2.05) is 48.2 Å². The van der Waals surface area contributed by atoms with Crippen molar-refractivity contribution in [2.45, 2.75) is 45.6 Å². The molecule has 3 aliphatic rings. The topological polar surface area (TPSA) is 81.5 Å². The van der Waals surface area contributed by atoms with Gasteiger partial charge in [0.15, 0.2) is 0 Å². The van der Waals surface area contributed by atoms with Crippen molar-refractivity contribution >= 4 is 23.7 Å². The molecule has 0 aromatic heterocycles. The van der Waals surface area contributed by atoms with Crippen molar-refractivity contribution in [1.29, 1.82) is 0 Å². The second-order valence-corrected chi connectivity index (χ2v) is 9.91. The molecule has 2 aromatic carbocycles. The number of amides is 1. The van der Waals surface area contributed by atoms with Gasteiger partial charge in [-0.2, -0.15) is 5.10 Å². The lowest BCUT2D eigenvalue weighted by Gasteiger charge is -2.30. The Morgan fingerprint density at radius 2 is 1.97 bits per heavy atom. The van der Waals surface area contributed by atoms with E-state index in [4.69, 9.17) is 9.98 Å². The average molecular weight is 509 g/mol. The highest BCUT2D eigenvalue weighted by atomic mass is 16.2. The molecule has 0 radical (unpaired) electrons. The molecule has 5 rings (SSSR count). The van der Waals surface area contributed by atoms with Crippen LogP contribution in [0.2, 0.25) is 0 Å². The normalized spacial score (nSPS) is 21.1. The Labute approximate surface area is 225 Å². The van der Waals surface area contributed by atoms with Crippen LogP contribution in [0.1, 0.15) is 59.7 Å². The molecule has 1 aliphatic carbocycles. The Morgan fingerprint density at radius 3 is 2.79 bits per heavy atom. The van der Waals surface area contributed by atoms with Crippen molar-refractivity contribution in [2.75, 3.05) is 26.2 Å². The summed E-state index contributed by atoms with van der Waals surface area (Å²) < 4.78 is 0. The maximum Gasteiger partial charge on any atom is 0.253 e. The van der Waals surface area contributed by atoms with Crippen LogP contribution in [0.5, 0.6) is 0 Å². The molecular weight excluding hydrogens is 472 g/mol. The second kappa shape index (κ2) is 12.1. The molecule has 1 saturated heterocycles. The zero-order valence-corrected chi connectivity index (χ0v) is 22.3. The van der Waals surface area contributed by atoms with E-state index in [0.29, 0.717) is 0 Å². The third-order valence-electron chi connectivity index (χ3n) is 7.29. The van der Waals surface area contributed by atoms with Gasteiger partial charge < -0.3 is 10.2 Å². The Kier molecular flexibility index (Phi) is 8.24. The van der Waals surface area contributed by atoms with E-state index >= 15 is 0 Å². The van der Waals surface area contributed by atoms with Crippen molar-refractivity contribution in [3.8, 4) is 0 Å². The number of hydrogen-bond acceptors (Lipinski definition) is 5. The molecule has 1 unspecified atom stereocenters. The minimum absolute atomic E-state index is 0.0156. The lowest BCUT2D eigenvalue weighted by molar-refractivity contribution is 0.0766. The number of allylic oxidation sites excluding steroid dienone is 2. The number of nitrogens with zero attached hydrogens (tertiary/aromatic N) is 4. The molecular formula is C31H36N6O. The first-order chi connectivity index (χ1) is 18.6. The summed E-state index contributed by atoms with van der Waals surface area (Å²) in [6.07, 6.45) is 9.91. The van der Waals surface area contributed by atoms with E-state index in [2.05, 4.69) is 47.1 Å². The third kappa shape index (κ3) is 5.83. The summed E-state index contributed by atoms with van der Waals surface area (Å²) in [6, 6.07) is 16.1. The van der Waals surface area contributed by atoms with E-state index in [-0.39, 0.29) is 11.9 Å². The number of aliphatic imine (C=N–C) groups is 2. The number of carbonyl (C=O) groups is 1. The molecule has 0 bridgehead atoms. The monoisotopic (exact) mass is 508 g/mol. The molecule has 196 valence electrons. The number of hydrogen-bond donors (Lipinski definition) is 2. The largest absolute Gasteiger partial charge is 0.337 e. The first-order valence-electron chi connectivity index (χ1n) is 13.6. The Bertz CT molecular complexity index is 1310. The van der Waals surface area contributed by atoms with Crippen molar-refractivity contribution in [1.82, 2.24) is 15.6 Å². The third-order valence-corrected chi connectivity index (χ3v) is 7.29. The minimum Gasteiger partial charge on any atom is -0.337 e. The first-order valence-corrected chi connectivity index (χ1v) is 13.6. The van der Waals surface area contributed by atoms with E-state index in [0.717, 1.165) is 91.4 Å². The van der Waals surface area contributed by atoms with Gasteiger partial charge in [0.2, 0.25) is 0 Å². The van der Waals surface area contributed by atoms with E-state index in [1.54, 1.807) is 6.21 Å². The van der Waals surface area contributed by atoms with Crippen molar-refractivity contribution in [3.63, 3.8) is 0 Å². The molecule has 2 N–H and O–H groups in total. The van der Waals surface area contributed by atoms with Gasteiger partial charge >= 0.3 is 0 Å². The summed E-state index contributed by atoms with van der Waals surface area (Å²) in [5.41, 5.74) is 10.4. The Balaban J connectivity index is 1.40. The number of benzene rings is 2. The summed E-state index contributed by atoms with van der Waals surface area (Å²) in [7, 11) is 0. The maximum absolute atomic E-state index is 13.0. The van der Waals surface area contributed by atoms with Crippen molar-refractivity contribution in [2.24, 2.45) is 15.1 Å². The number of carbonyl (C=O) groups excluding carboxylic acids is 1. The lowest BCUT2D eigenvalue weighted by Crippen LogP contribution is -2.34. The van der Waals surface area contributed by atoms with Gasteiger partial charge in [-0.15, -0.1) is 0 Å². The number of hydrazone groups is 1. The molecule has 2 aromatic rings. The molecule has 7 nitrogen and oxygen atoms in total. The van der Waals surface area contributed by atoms with Crippen LogP contribution < -0.4 is 10.7 Å². The minimum atomic E-state index is -0.0156. The molecule has 0 saturated carbocycles. The molecule has 7 heteroatoms. The van der Waals surface area contributed by atoms with Gasteiger partial charge in [-0.05, 0) is 75.4 Å². The van der Waals surface area contributed by atoms with Gasteiger partial charge in [-0.1, -0.05) is 42.5 Å². The smallest absolute Gasteiger partial charge is 0.253 e. The standard InChI is InChI=1S/C31H36N6O/c1-3-33-36-30(26-11-6-4-9-22(26)2)35-28-21-25-10-5-7-12-27(34-29(25)28)23-13-15-24(16-14-23)31(38)37-19-8-17-32-18-20-37/h3-4,6-7,9,11-16,28,32H,5,8,10,17-21H2,1-2H3,(H,35,36)/b12-7-,33-3-,34-27?. The quantitative estimate of drug-likeness (QED) is 0.351. The highest BCUT2D eigenvalue weighted by Crippen LogP contribution is 2.37. The molecule has 0 spiro atoms. The van der Waals surface area contributed by atoms with Crippen LogP contribution in [0.4, 0.5) is 0 Å². The van der Waals surface area contributed by atoms with E-state index in [9.17, 15) is 4.79 Å². The summed E-state index contributed by atoms with van der Waals surface area (Å²) in [6.45, 7) is 7.32. The highest BCUT2D eigenvalue weighted by Gasteiger charge is 2.30. The zero-order chi connectivity index (χ0) is 26.3. The van der Waals surface area contributed by atoms with Crippen LogP contribution in [0.3, 0.4) is 0 Å². The first kappa shape index (κ1) is 25.8. The predicted octanol–water partition coefficient (Wildman–Crippen LogP) is 4.64. The molecule has 1 amide bonds. The Hall–Kier alpha value is -3.84. The zero-order valence-electron chi connectivity index (χ0n) is 22.3. The van der Waals surface area contributed by atoms with Crippen LogP contribution in [0.15, 0.2) is 87.0 Å². The van der Waals surface area contributed by atoms with Crippen molar-refractivity contribution < 1.29 is 4.79 Å². The van der Waals surface area contributed by atoms with Crippen LogP contribution in [-0.4, -0.2) is 60.8 Å². The summed E-state index contributed by atoms with van der Waals surface area (Å²) >= 11 is 0. The summed E-state index contributed by atoms with van der Waals surface area (Å²) in [5, 5.41) is 7.61. The van der Waals surface area contributed by atoms with Gasteiger partial charge in [-0.3, -0.25) is 20.2 Å². The number of nitrogens with one attached hydrogen (secondary N) is 2. The van der Waals surface area contributed by atoms with Crippen LogP contribution >= 0.6 is 0 Å². The van der Waals surface area contributed by atoms with Gasteiger partial charge in [-0.25, -0.2) is 0 Å². The molecule has 2 aliphatic heterocycles. The number of amidine groups is 1. The van der Waals surface area contributed by atoms with Crippen molar-refractivity contribution in [3.05, 3.63) is 94.2 Å². The molecule has 2 heterocycles. The summed E-state index contributed by atoms with van der Waals surface area (Å²) in [4.78, 5) is 25.2. The fraction of sp³-hybridized carbons (Fsp3) is 0.355. The lowest BCUT2D eigenvalue weighted by atomic mass is 9.85. The fourth-order valence-electron chi connectivity index (χ4n) is 5.10. The predicted molar refractivity (Wildman–Crippen MR) is 155 cm³/mol. The van der Waals surface area contributed by atoms with Crippen LogP contribution in [0.25, 0.3) is 0 Å². The Morgan fingerprint density at radius 1 is 1.13 bits per heavy atom. The summed E-state index contributed by atoms with van der Waals surface area (Å²) in [5.74, 6) is 0.860. The van der Waals surface area contributed by atoms with Crippen LogP contribution in [-0.2, 0) is 0 Å². The molecule has 38 heavy (non-hydrogen) atoms. The highest BCUT2D eigenvalue weighted by molar-refractivity contribution is 6.10. The van der Waals surface area contributed by atoms with Gasteiger partial charge in [0, 0.05) is 42.5 Å². The van der Waals surface area contributed by atoms with Gasteiger partial charge in [0.1, 0.15) is 5.84 Å². The maximum atomic E-state index is 13.0. The number of aryl methyl sites for hydroxylation is 1. The molecule has 1 fully saturated rings. The van der Waals surface area contributed by atoms with E-state index in [1.165, 1.54) is 5.57 Å². The van der Waals surface area contributed by atoms with E-state index < -0.39 is 0 Å². The SMILES string of the molecule is C/C=N\NC(=NC1CC2=C1N=C(c1ccc(C(=O)N3CCCNCC3)cc1)/C=C\CC2)c1ccccc1C. The second-order valence-electron chi connectivity index (χ2n) is 9.91. The van der Waals surface area contributed by atoms with Crippen LogP contribution in [0, 0.1) is 6.92 Å². The number of rotatable bonds is 5.